The maximum absolute atomic E-state index is 11.9. The highest BCUT2D eigenvalue weighted by molar-refractivity contribution is 5.94. The van der Waals surface area contributed by atoms with E-state index in [1.165, 1.54) is 19.3 Å². The average molecular weight is 312 g/mol. The molecule has 2 rings (SSSR count). The summed E-state index contributed by atoms with van der Waals surface area (Å²) in [6.07, 6.45) is 2.96. The number of nitrogens with one attached hydrogen (secondary N) is 2. The van der Waals surface area contributed by atoms with E-state index in [-0.39, 0.29) is 11.7 Å². The van der Waals surface area contributed by atoms with Crippen LogP contribution in [0.4, 0.5) is 11.6 Å². The SMILES string of the molecule is CC(=O)c1ccc(Nc2ncc(C(=O)NCC(C)C)cn2)cc1. The summed E-state index contributed by atoms with van der Waals surface area (Å²) in [7, 11) is 0. The zero-order valence-corrected chi connectivity index (χ0v) is 13.5. The smallest absolute Gasteiger partial charge is 0.254 e. The summed E-state index contributed by atoms with van der Waals surface area (Å²) >= 11 is 0. The summed E-state index contributed by atoms with van der Waals surface area (Å²) in [6.45, 7) is 6.19. The molecule has 0 spiro atoms. The Morgan fingerprint density at radius 2 is 1.65 bits per heavy atom. The lowest BCUT2D eigenvalue weighted by Crippen LogP contribution is -2.27. The van der Waals surface area contributed by atoms with Crippen molar-refractivity contribution >= 4 is 23.3 Å². The summed E-state index contributed by atoms with van der Waals surface area (Å²) in [5.74, 6) is 0.611. The Bertz CT molecular complexity index is 679. The van der Waals surface area contributed by atoms with E-state index < -0.39 is 0 Å². The van der Waals surface area contributed by atoms with Crippen LogP contribution < -0.4 is 10.6 Å². The van der Waals surface area contributed by atoms with Gasteiger partial charge in [-0.25, -0.2) is 9.97 Å². The molecule has 0 saturated carbocycles. The molecular formula is C17H20N4O2. The first-order valence-corrected chi connectivity index (χ1v) is 7.44. The van der Waals surface area contributed by atoms with Crippen LogP contribution in [0, 0.1) is 5.92 Å². The number of rotatable bonds is 6. The zero-order chi connectivity index (χ0) is 16.8. The lowest BCUT2D eigenvalue weighted by molar-refractivity contribution is 0.0947. The Kier molecular flexibility index (Phi) is 5.41. The van der Waals surface area contributed by atoms with Gasteiger partial charge in [-0.15, -0.1) is 0 Å². The molecule has 0 atom stereocenters. The van der Waals surface area contributed by atoms with Crippen LogP contribution in [0.3, 0.4) is 0 Å². The standard InChI is InChI=1S/C17H20N4O2/c1-11(2)8-18-16(23)14-9-19-17(20-10-14)21-15-6-4-13(5-7-15)12(3)22/h4-7,9-11H,8H2,1-3H3,(H,18,23)(H,19,20,21). The van der Waals surface area contributed by atoms with Crippen molar-refractivity contribution in [1.29, 1.82) is 0 Å². The summed E-state index contributed by atoms with van der Waals surface area (Å²) < 4.78 is 0. The summed E-state index contributed by atoms with van der Waals surface area (Å²) in [6, 6.07) is 7.03. The highest BCUT2D eigenvalue weighted by atomic mass is 16.1. The second-order valence-electron chi connectivity index (χ2n) is 5.66. The minimum atomic E-state index is -0.184. The van der Waals surface area contributed by atoms with Crippen LogP contribution in [0.25, 0.3) is 0 Å². The van der Waals surface area contributed by atoms with Crippen molar-refractivity contribution in [2.24, 2.45) is 5.92 Å². The Labute approximate surface area is 135 Å². The molecule has 1 amide bonds. The first-order chi connectivity index (χ1) is 11.0. The number of Topliss-reactive ketones (excluding diaryl/α,β-unsaturated/α-hetero) is 1. The predicted octanol–water partition coefficient (Wildman–Crippen LogP) is 2.81. The summed E-state index contributed by atoms with van der Waals surface area (Å²) in [5.41, 5.74) is 1.84. The summed E-state index contributed by atoms with van der Waals surface area (Å²) in [4.78, 5) is 31.4. The van der Waals surface area contributed by atoms with Gasteiger partial charge in [0.25, 0.3) is 5.91 Å². The van der Waals surface area contributed by atoms with E-state index in [1.54, 1.807) is 24.3 Å². The molecule has 1 heterocycles. The van der Waals surface area contributed by atoms with Crippen LogP contribution in [0.5, 0.6) is 0 Å². The number of nitrogens with zero attached hydrogens (tertiary/aromatic N) is 2. The van der Waals surface area contributed by atoms with E-state index >= 15 is 0 Å². The van der Waals surface area contributed by atoms with Gasteiger partial charge in [-0.1, -0.05) is 13.8 Å². The largest absolute Gasteiger partial charge is 0.352 e. The fourth-order valence-electron chi connectivity index (χ4n) is 1.83. The number of anilines is 2. The third-order valence-corrected chi connectivity index (χ3v) is 3.13. The second-order valence-corrected chi connectivity index (χ2v) is 5.66. The topological polar surface area (TPSA) is 84.0 Å². The molecule has 1 aromatic heterocycles. The fraction of sp³-hybridized carbons (Fsp3) is 0.294. The van der Waals surface area contributed by atoms with E-state index in [2.05, 4.69) is 20.6 Å². The molecule has 0 aliphatic heterocycles. The molecule has 0 unspecified atom stereocenters. The molecule has 0 bridgehead atoms. The van der Waals surface area contributed by atoms with Crippen LogP contribution in [-0.2, 0) is 0 Å². The number of carbonyl (C=O) groups is 2. The number of ketones is 1. The lowest BCUT2D eigenvalue weighted by atomic mass is 10.1. The molecule has 0 aliphatic carbocycles. The minimum absolute atomic E-state index is 0.0181. The first-order valence-electron chi connectivity index (χ1n) is 7.44. The molecule has 2 aromatic rings. The molecule has 0 radical (unpaired) electrons. The Morgan fingerprint density at radius 1 is 1.04 bits per heavy atom. The van der Waals surface area contributed by atoms with Crippen LogP contribution in [0.1, 0.15) is 41.5 Å². The van der Waals surface area contributed by atoms with Gasteiger partial charge in [0.1, 0.15) is 0 Å². The van der Waals surface area contributed by atoms with E-state index in [0.717, 1.165) is 5.69 Å². The fourth-order valence-corrected chi connectivity index (χ4v) is 1.83. The third-order valence-electron chi connectivity index (χ3n) is 3.13. The Hall–Kier alpha value is -2.76. The van der Waals surface area contributed by atoms with Crippen molar-refractivity contribution in [3.63, 3.8) is 0 Å². The molecule has 23 heavy (non-hydrogen) atoms. The maximum atomic E-state index is 11.9. The number of aromatic nitrogens is 2. The molecule has 0 fully saturated rings. The van der Waals surface area contributed by atoms with Gasteiger partial charge < -0.3 is 10.6 Å². The lowest BCUT2D eigenvalue weighted by Gasteiger charge is -2.08. The van der Waals surface area contributed by atoms with Crippen LogP contribution in [-0.4, -0.2) is 28.2 Å². The number of benzene rings is 1. The van der Waals surface area contributed by atoms with Crippen molar-refractivity contribution in [3.8, 4) is 0 Å². The minimum Gasteiger partial charge on any atom is -0.352 e. The first kappa shape index (κ1) is 16.6. The highest BCUT2D eigenvalue weighted by Gasteiger charge is 2.08. The maximum Gasteiger partial charge on any atom is 0.254 e. The van der Waals surface area contributed by atoms with E-state index in [4.69, 9.17) is 0 Å². The number of amides is 1. The van der Waals surface area contributed by atoms with Crippen LogP contribution >= 0.6 is 0 Å². The third kappa shape index (κ3) is 4.88. The molecule has 6 nitrogen and oxygen atoms in total. The van der Waals surface area contributed by atoms with Gasteiger partial charge in [-0.2, -0.15) is 0 Å². The Balaban J connectivity index is 1.99. The second kappa shape index (κ2) is 7.49. The molecular weight excluding hydrogens is 292 g/mol. The van der Waals surface area contributed by atoms with Gasteiger partial charge in [-0.3, -0.25) is 9.59 Å². The zero-order valence-electron chi connectivity index (χ0n) is 13.5. The number of hydrogen-bond acceptors (Lipinski definition) is 5. The molecule has 120 valence electrons. The van der Waals surface area contributed by atoms with Crippen molar-refractivity contribution in [1.82, 2.24) is 15.3 Å². The molecule has 1 aromatic carbocycles. The van der Waals surface area contributed by atoms with Gasteiger partial charge in [-0.05, 0) is 37.1 Å². The molecule has 0 saturated heterocycles. The number of hydrogen-bond donors (Lipinski definition) is 2. The monoisotopic (exact) mass is 312 g/mol. The van der Waals surface area contributed by atoms with Gasteiger partial charge in [0, 0.05) is 30.2 Å². The molecule has 2 N–H and O–H groups in total. The molecule has 0 aliphatic rings. The predicted molar refractivity (Wildman–Crippen MR) is 88.9 cm³/mol. The van der Waals surface area contributed by atoms with Crippen molar-refractivity contribution < 1.29 is 9.59 Å². The normalized spacial score (nSPS) is 10.4. The van der Waals surface area contributed by atoms with Crippen molar-refractivity contribution in [3.05, 3.63) is 47.8 Å². The summed E-state index contributed by atoms with van der Waals surface area (Å²) in [5, 5.41) is 5.83. The average Bonchev–Trinajstić information content (AvgIpc) is 2.54. The van der Waals surface area contributed by atoms with Crippen molar-refractivity contribution in [2.75, 3.05) is 11.9 Å². The quantitative estimate of drug-likeness (QED) is 0.801. The van der Waals surface area contributed by atoms with E-state index in [1.807, 2.05) is 13.8 Å². The van der Waals surface area contributed by atoms with Gasteiger partial charge >= 0.3 is 0 Å². The molecule has 6 heteroatoms. The highest BCUT2D eigenvalue weighted by Crippen LogP contribution is 2.14. The Morgan fingerprint density at radius 3 is 2.17 bits per heavy atom. The van der Waals surface area contributed by atoms with Gasteiger partial charge in [0.15, 0.2) is 5.78 Å². The van der Waals surface area contributed by atoms with Crippen LogP contribution in [0.2, 0.25) is 0 Å². The van der Waals surface area contributed by atoms with E-state index in [0.29, 0.717) is 29.5 Å². The number of carbonyl (C=O) groups excluding carboxylic acids is 2. The van der Waals surface area contributed by atoms with Gasteiger partial charge in [0.05, 0.1) is 5.56 Å². The van der Waals surface area contributed by atoms with Crippen LogP contribution in [0.15, 0.2) is 36.7 Å². The van der Waals surface area contributed by atoms with E-state index in [9.17, 15) is 9.59 Å². The van der Waals surface area contributed by atoms with Gasteiger partial charge in [0.2, 0.25) is 5.95 Å². The van der Waals surface area contributed by atoms with Crippen molar-refractivity contribution in [2.45, 2.75) is 20.8 Å².